The number of hydrogen-bond donors (Lipinski definition) is 3. The van der Waals surface area contributed by atoms with Crippen LogP contribution in [0.25, 0.3) is 0 Å². The summed E-state index contributed by atoms with van der Waals surface area (Å²) in [6.45, 7) is 2.39. The molecule has 1 saturated carbocycles. The van der Waals surface area contributed by atoms with Crippen LogP contribution in [-0.2, 0) is 19.1 Å². The van der Waals surface area contributed by atoms with Crippen LogP contribution in [0.5, 0.6) is 0 Å². The Morgan fingerprint density at radius 2 is 1.94 bits per heavy atom. The lowest BCUT2D eigenvalue weighted by Gasteiger charge is -2.26. The van der Waals surface area contributed by atoms with Gasteiger partial charge in [-0.2, -0.15) is 18.2 Å². The molecule has 2 aromatic rings. The molecule has 1 aliphatic carbocycles. The number of aryl methyl sites for hydroxylation is 1. The minimum absolute atomic E-state index is 0.115. The lowest BCUT2D eigenvalue weighted by molar-refractivity contribution is -0.384. The summed E-state index contributed by atoms with van der Waals surface area (Å²) in [7, 11) is 0. The monoisotopic (exact) mass is 452 g/mol. The molecule has 8 nitrogen and oxygen atoms in total. The Hall–Kier alpha value is -2.95. The molecule has 0 radical (unpaired) electrons. The molecule has 174 valence electrons. The van der Waals surface area contributed by atoms with Crippen LogP contribution in [0.3, 0.4) is 0 Å². The largest absolute Gasteiger partial charge is 0.416 e. The third-order valence-corrected chi connectivity index (χ3v) is 5.72. The molecule has 11 heteroatoms. The maximum Gasteiger partial charge on any atom is 0.416 e. The summed E-state index contributed by atoms with van der Waals surface area (Å²) < 4.78 is 39.3. The molecule has 1 aliphatic rings. The average Bonchev–Trinajstić information content (AvgIpc) is 2.76. The second kappa shape index (κ2) is 10.1. The Labute approximate surface area is 184 Å². The predicted molar refractivity (Wildman–Crippen MR) is 115 cm³/mol. The number of alkyl halides is 3. The van der Waals surface area contributed by atoms with E-state index in [1.54, 1.807) is 6.92 Å². The fourth-order valence-corrected chi connectivity index (χ4v) is 3.86. The van der Waals surface area contributed by atoms with Gasteiger partial charge in [0.05, 0.1) is 10.5 Å². The van der Waals surface area contributed by atoms with Gasteiger partial charge < -0.3 is 16.4 Å². The van der Waals surface area contributed by atoms with E-state index in [4.69, 9.17) is 5.73 Å². The fourth-order valence-electron chi connectivity index (χ4n) is 3.86. The Morgan fingerprint density at radius 3 is 2.56 bits per heavy atom. The van der Waals surface area contributed by atoms with E-state index in [0.29, 0.717) is 18.0 Å². The zero-order valence-electron chi connectivity index (χ0n) is 17.8. The molecule has 0 amide bonds. The molecule has 0 spiro atoms. The van der Waals surface area contributed by atoms with Crippen molar-refractivity contribution in [3.63, 3.8) is 0 Å². The zero-order valence-corrected chi connectivity index (χ0v) is 17.8. The number of anilines is 2. The molecule has 1 aromatic heterocycles. The Kier molecular flexibility index (Phi) is 7.49. The van der Waals surface area contributed by atoms with Crippen LogP contribution in [0.4, 0.5) is 30.6 Å². The summed E-state index contributed by atoms with van der Waals surface area (Å²) >= 11 is 0. The number of hydrogen-bond acceptors (Lipinski definition) is 7. The Bertz CT molecular complexity index is 946. The lowest BCUT2D eigenvalue weighted by Crippen LogP contribution is -2.29. The maximum atomic E-state index is 13.1. The lowest BCUT2D eigenvalue weighted by atomic mass is 9.86. The molecule has 4 N–H and O–H groups in total. The van der Waals surface area contributed by atoms with E-state index in [2.05, 4.69) is 20.6 Å². The number of nitrogens with zero attached hydrogens (tertiary/aromatic N) is 3. The van der Waals surface area contributed by atoms with Crippen LogP contribution in [0.15, 0.2) is 24.4 Å². The highest BCUT2D eigenvalue weighted by molar-refractivity contribution is 5.57. The smallest absolute Gasteiger partial charge is 0.364 e. The minimum atomic E-state index is -4.40. The first kappa shape index (κ1) is 23.7. The van der Waals surface area contributed by atoms with Gasteiger partial charge in [0, 0.05) is 19.1 Å². The van der Waals surface area contributed by atoms with E-state index in [-0.39, 0.29) is 42.0 Å². The van der Waals surface area contributed by atoms with Crippen molar-refractivity contribution >= 4 is 17.5 Å². The summed E-state index contributed by atoms with van der Waals surface area (Å²) in [6, 6.07) is 4.17. The SMILES string of the molecule is CCc1cc(CNc2ncc([N+](=O)[O-])c(NCC3CCC(N)CC3)n2)ccc1C(F)(F)F. The summed E-state index contributed by atoms with van der Waals surface area (Å²) in [5, 5.41) is 17.3. The van der Waals surface area contributed by atoms with Crippen LogP contribution >= 0.6 is 0 Å². The highest BCUT2D eigenvalue weighted by Crippen LogP contribution is 2.33. The number of aromatic nitrogens is 2. The van der Waals surface area contributed by atoms with E-state index in [0.717, 1.165) is 37.9 Å². The van der Waals surface area contributed by atoms with Crippen molar-refractivity contribution in [2.75, 3.05) is 17.2 Å². The van der Waals surface area contributed by atoms with Gasteiger partial charge in [0.2, 0.25) is 11.8 Å². The van der Waals surface area contributed by atoms with Gasteiger partial charge in [-0.1, -0.05) is 19.1 Å². The fraction of sp³-hybridized carbons (Fsp3) is 0.524. The van der Waals surface area contributed by atoms with Crippen LogP contribution in [0.2, 0.25) is 0 Å². The molecule has 0 aliphatic heterocycles. The van der Waals surface area contributed by atoms with Crippen molar-refractivity contribution in [2.45, 2.75) is 57.8 Å². The first-order valence-electron chi connectivity index (χ1n) is 10.6. The number of nitrogens with one attached hydrogen (secondary N) is 2. The maximum absolute atomic E-state index is 13.1. The van der Waals surface area contributed by atoms with Gasteiger partial charge in [-0.3, -0.25) is 10.1 Å². The third-order valence-electron chi connectivity index (χ3n) is 5.72. The van der Waals surface area contributed by atoms with Gasteiger partial charge in [-0.15, -0.1) is 0 Å². The van der Waals surface area contributed by atoms with E-state index < -0.39 is 16.7 Å². The summed E-state index contributed by atoms with van der Waals surface area (Å²) in [5.74, 6) is 0.631. The van der Waals surface area contributed by atoms with Crippen molar-refractivity contribution in [3.8, 4) is 0 Å². The number of benzene rings is 1. The topological polar surface area (TPSA) is 119 Å². The van der Waals surface area contributed by atoms with Gasteiger partial charge >= 0.3 is 11.9 Å². The zero-order chi connectivity index (χ0) is 23.3. The van der Waals surface area contributed by atoms with Crippen LogP contribution in [0, 0.1) is 16.0 Å². The van der Waals surface area contributed by atoms with Crippen molar-refractivity contribution in [1.82, 2.24) is 9.97 Å². The molecule has 3 rings (SSSR count). The normalized spacial score (nSPS) is 18.9. The predicted octanol–water partition coefficient (Wildman–Crippen LogP) is 4.51. The van der Waals surface area contributed by atoms with E-state index in [9.17, 15) is 23.3 Å². The summed E-state index contributed by atoms with van der Waals surface area (Å²) in [4.78, 5) is 19.0. The van der Waals surface area contributed by atoms with Gasteiger partial charge in [-0.05, 0) is 55.2 Å². The quantitative estimate of drug-likeness (QED) is 0.398. The van der Waals surface area contributed by atoms with Gasteiger partial charge in [-0.25, -0.2) is 4.98 Å². The van der Waals surface area contributed by atoms with Crippen molar-refractivity contribution in [1.29, 1.82) is 0 Å². The standard InChI is InChI=1S/C21H27F3N6O2/c1-2-15-9-14(5-8-17(15)21(22,23)24)11-27-20-28-12-18(30(31)32)19(29-20)26-10-13-3-6-16(25)7-4-13/h5,8-9,12-13,16H,2-4,6-7,10-11,25H2,1H3,(H2,26,27,28,29). The molecule has 0 bridgehead atoms. The number of nitro groups is 1. The minimum Gasteiger partial charge on any atom is -0.364 e. The molecule has 0 unspecified atom stereocenters. The van der Waals surface area contributed by atoms with Crippen LogP contribution < -0.4 is 16.4 Å². The first-order chi connectivity index (χ1) is 15.2. The second-order valence-electron chi connectivity index (χ2n) is 8.04. The molecule has 1 aromatic carbocycles. The molecule has 0 saturated heterocycles. The van der Waals surface area contributed by atoms with Crippen molar-refractivity contribution in [3.05, 3.63) is 51.2 Å². The van der Waals surface area contributed by atoms with E-state index in [1.807, 2.05) is 0 Å². The molecular weight excluding hydrogens is 425 g/mol. The third kappa shape index (κ3) is 6.06. The highest BCUT2D eigenvalue weighted by atomic mass is 19.4. The van der Waals surface area contributed by atoms with Gasteiger partial charge in [0.1, 0.15) is 6.20 Å². The highest BCUT2D eigenvalue weighted by Gasteiger charge is 2.32. The van der Waals surface area contributed by atoms with Gasteiger partial charge in [0.25, 0.3) is 0 Å². The first-order valence-corrected chi connectivity index (χ1v) is 10.6. The molecule has 1 fully saturated rings. The van der Waals surface area contributed by atoms with Gasteiger partial charge in [0.15, 0.2) is 0 Å². The Balaban J connectivity index is 1.69. The summed E-state index contributed by atoms with van der Waals surface area (Å²) in [6.07, 6.45) is 0.728. The molecule has 1 heterocycles. The second-order valence-corrected chi connectivity index (χ2v) is 8.04. The molecule has 32 heavy (non-hydrogen) atoms. The van der Waals surface area contributed by atoms with Crippen molar-refractivity contribution in [2.24, 2.45) is 11.7 Å². The van der Waals surface area contributed by atoms with Crippen LogP contribution in [0.1, 0.15) is 49.3 Å². The van der Waals surface area contributed by atoms with E-state index >= 15 is 0 Å². The number of rotatable bonds is 8. The van der Waals surface area contributed by atoms with Crippen LogP contribution in [-0.4, -0.2) is 27.5 Å². The average molecular weight is 452 g/mol. The Morgan fingerprint density at radius 1 is 1.22 bits per heavy atom. The molecule has 0 atom stereocenters. The summed E-state index contributed by atoms with van der Waals surface area (Å²) in [5.41, 5.74) is 5.88. The van der Waals surface area contributed by atoms with E-state index in [1.165, 1.54) is 12.1 Å². The molecular formula is C21H27F3N6O2. The van der Waals surface area contributed by atoms with Crippen molar-refractivity contribution < 1.29 is 18.1 Å². The number of nitrogens with two attached hydrogens (primary N) is 1. The number of halogens is 3.